The second-order valence-electron chi connectivity index (χ2n) is 4.66. The molecule has 1 fully saturated rings. The van der Waals surface area contributed by atoms with Crippen LogP contribution in [0.4, 0.5) is 11.4 Å². The van der Waals surface area contributed by atoms with Gasteiger partial charge in [-0.1, -0.05) is 6.07 Å². The van der Waals surface area contributed by atoms with Crippen molar-refractivity contribution in [1.29, 1.82) is 5.26 Å². The van der Waals surface area contributed by atoms with Gasteiger partial charge in [-0.05, 0) is 18.9 Å². The molecular formula is C14H14N4O3. The molecular weight excluding hydrogens is 272 g/mol. The maximum Gasteiger partial charge on any atom is 0.271 e. The number of carbonyl (C=O) groups excluding carboxylic acids is 1. The molecule has 7 heteroatoms. The van der Waals surface area contributed by atoms with Gasteiger partial charge in [0.1, 0.15) is 11.6 Å². The minimum atomic E-state index is -0.565. The van der Waals surface area contributed by atoms with Crippen LogP contribution in [0.25, 0.3) is 0 Å². The van der Waals surface area contributed by atoms with Gasteiger partial charge >= 0.3 is 0 Å². The van der Waals surface area contributed by atoms with Crippen molar-refractivity contribution in [3.63, 3.8) is 0 Å². The summed E-state index contributed by atoms with van der Waals surface area (Å²) < 4.78 is 0. The van der Waals surface area contributed by atoms with Crippen molar-refractivity contribution in [2.75, 3.05) is 18.4 Å². The minimum absolute atomic E-state index is 0.0107. The van der Waals surface area contributed by atoms with E-state index in [-0.39, 0.29) is 16.9 Å². The molecule has 1 heterocycles. The molecule has 1 aliphatic rings. The first-order valence-electron chi connectivity index (χ1n) is 6.52. The topological polar surface area (TPSA) is 99.3 Å². The van der Waals surface area contributed by atoms with Gasteiger partial charge in [-0.25, -0.2) is 0 Å². The van der Waals surface area contributed by atoms with E-state index in [1.165, 1.54) is 24.3 Å². The van der Waals surface area contributed by atoms with Crippen LogP contribution in [-0.2, 0) is 4.79 Å². The minimum Gasteiger partial charge on any atom is -0.376 e. The Hall–Kier alpha value is -2.88. The summed E-state index contributed by atoms with van der Waals surface area (Å²) in [5, 5.41) is 22.2. The van der Waals surface area contributed by atoms with E-state index in [1.807, 2.05) is 11.0 Å². The summed E-state index contributed by atoms with van der Waals surface area (Å²) in [7, 11) is 0. The standard InChI is InChI=1S/C14H14N4O3/c15-9-11(10-17-6-1-2-7-17)14(19)16-12-4-3-5-13(8-12)18(20)21/h3-5,8,10H,1-2,6-7H2,(H,16,19)/b11-10-. The van der Waals surface area contributed by atoms with Crippen LogP contribution in [0, 0.1) is 21.4 Å². The summed E-state index contributed by atoms with van der Waals surface area (Å²) in [5.41, 5.74) is 0.162. The number of non-ortho nitro benzene ring substituents is 1. The van der Waals surface area contributed by atoms with Crippen LogP contribution in [0.15, 0.2) is 36.0 Å². The molecule has 0 radical (unpaired) electrons. The number of nitrogens with one attached hydrogen (secondary N) is 1. The maximum absolute atomic E-state index is 12.0. The van der Waals surface area contributed by atoms with E-state index >= 15 is 0 Å². The van der Waals surface area contributed by atoms with Gasteiger partial charge in [-0.3, -0.25) is 14.9 Å². The third-order valence-corrected chi connectivity index (χ3v) is 3.13. The summed E-state index contributed by atoms with van der Waals surface area (Å²) in [4.78, 5) is 24.1. The van der Waals surface area contributed by atoms with Crippen LogP contribution < -0.4 is 5.32 Å². The van der Waals surface area contributed by atoms with Gasteiger partial charge in [-0.15, -0.1) is 0 Å². The van der Waals surface area contributed by atoms with Crippen LogP contribution in [0.3, 0.4) is 0 Å². The lowest BCUT2D eigenvalue weighted by Crippen LogP contribution is -2.18. The monoisotopic (exact) mass is 286 g/mol. The second-order valence-corrected chi connectivity index (χ2v) is 4.66. The molecule has 1 saturated heterocycles. The van der Waals surface area contributed by atoms with Crippen molar-refractivity contribution >= 4 is 17.3 Å². The highest BCUT2D eigenvalue weighted by atomic mass is 16.6. The molecule has 0 bridgehead atoms. The number of nitrogens with zero attached hydrogens (tertiary/aromatic N) is 3. The number of nitriles is 1. The zero-order chi connectivity index (χ0) is 15.2. The van der Waals surface area contributed by atoms with E-state index in [2.05, 4.69) is 5.32 Å². The van der Waals surface area contributed by atoms with Gasteiger partial charge in [0.25, 0.3) is 11.6 Å². The van der Waals surface area contributed by atoms with Gasteiger partial charge in [-0.2, -0.15) is 5.26 Å². The van der Waals surface area contributed by atoms with E-state index in [9.17, 15) is 14.9 Å². The second kappa shape index (κ2) is 6.52. The van der Waals surface area contributed by atoms with Gasteiger partial charge in [0.2, 0.25) is 0 Å². The molecule has 1 aliphatic heterocycles. The summed E-state index contributed by atoms with van der Waals surface area (Å²) in [6.07, 6.45) is 3.63. The molecule has 21 heavy (non-hydrogen) atoms. The maximum atomic E-state index is 12.0. The predicted octanol–water partition coefficient (Wildman–Crippen LogP) is 2.04. The molecule has 0 spiro atoms. The Morgan fingerprint density at radius 1 is 1.43 bits per heavy atom. The fraction of sp³-hybridized carbons (Fsp3) is 0.286. The highest BCUT2D eigenvalue weighted by Crippen LogP contribution is 2.18. The van der Waals surface area contributed by atoms with E-state index in [1.54, 1.807) is 6.20 Å². The average molecular weight is 286 g/mol. The Morgan fingerprint density at radius 2 is 2.14 bits per heavy atom. The first-order chi connectivity index (χ1) is 10.1. The van der Waals surface area contributed by atoms with Crippen LogP contribution in [0.5, 0.6) is 0 Å². The van der Waals surface area contributed by atoms with Crippen LogP contribution in [0.1, 0.15) is 12.8 Å². The van der Waals surface area contributed by atoms with Crippen molar-refractivity contribution in [1.82, 2.24) is 4.90 Å². The van der Waals surface area contributed by atoms with E-state index in [0.717, 1.165) is 25.9 Å². The molecule has 0 atom stereocenters. The number of carbonyl (C=O) groups is 1. The number of benzene rings is 1. The molecule has 1 aromatic carbocycles. The lowest BCUT2D eigenvalue weighted by atomic mass is 10.2. The Bertz CT molecular complexity index is 627. The first-order valence-corrected chi connectivity index (χ1v) is 6.52. The normalized spacial score (nSPS) is 14.6. The number of nitro benzene ring substituents is 1. The van der Waals surface area contributed by atoms with Gasteiger partial charge in [0.05, 0.1) is 4.92 Å². The van der Waals surface area contributed by atoms with Crippen molar-refractivity contribution in [2.24, 2.45) is 0 Å². The summed E-state index contributed by atoms with van der Waals surface area (Å²) >= 11 is 0. The molecule has 0 aliphatic carbocycles. The van der Waals surface area contributed by atoms with Crippen molar-refractivity contribution < 1.29 is 9.72 Å². The lowest BCUT2D eigenvalue weighted by Gasteiger charge is -2.12. The quantitative estimate of drug-likeness (QED) is 0.395. The average Bonchev–Trinajstić information content (AvgIpc) is 2.97. The highest BCUT2D eigenvalue weighted by Gasteiger charge is 2.15. The van der Waals surface area contributed by atoms with E-state index < -0.39 is 10.8 Å². The predicted molar refractivity (Wildman–Crippen MR) is 76.2 cm³/mol. The van der Waals surface area contributed by atoms with Crippen molar-refractivity contribution in [3.8, 4) is 6.07 Å². The summed E-state index contributed by atoms with van der Waals surface area (Å²) in [5.74, 6) is -0.565. The Kier molecular flexibility index (Phi) is 4.51. The van der Waals surface area contributed by atoms with E-state index in [0.29, 0.717) is 0 Å². The van der Waals surface area contributed by atoms with Gasteiger partial charge in [0, 0.05) is 37.1 Å². The molecule has 1 aromatic rings. The number of nitro groups is 1. The zero-order valence-corrected chi connectivity index (χ0v) is 11.3. The van der Waals surface area contributed by atoms with Crippen molar-refractivity contribution in [3.05, 3.63) is 46.2 Å². The molecule has 7 nitrogen and oxygen atoms in total. The van der Waals surface area contributed by atoms with Crippen LogP contribution >= 0.6 is 0 Å². The Morgan fingerprint density at radius 3 is 2.76 bits per heavy atom. The summed E-state index contributed by atoms with van der Waals surface area (Å²) in [6, 6.07) is 7.46. The largest absolute Gasteiger partial charge is 0.376 e. The van der Waals surface area contributed by atoms with Gasteiger partial charge in [0.15, 0.2) is 0 Å². The van der Waals surface area contributed by atoms with Crippen LogP contribution in [-0.4, -0.2) is 28.8 Å². The van der Waals surface area contributed by atoms with Crippen molar-refractivity contribution in [2.45, 2.75) is 12.8 Å². The third-order valence-electron chi connectivity index (χ3n) is 3.13. The van der Waals surface area contributed by atoms with Gasteiger partial charge < -0.3 is 10.2 Å². The van der Waals surface area contributed by atoms with E-state index in [4.69, 9.17) is 5.26 Å². The Balaban J connectivity index is 2.10. The fourth-order valence-corrected chi connectivity index (χ4v) is 2.09. The summed E-state index contributed by atoms with van der Waals surface area (Å²) in [6.45, 7) is 1.66. The number of amides is 1. The molecule has 0 unspecified atom stereocenters. The number of anilines is 1. The lowest BCUT2D eigenvalue weighted by molar-refractivity contribution is -0.384. The number of likely N-dealkylation sites (tertiary alicyclic amines) is 1. The molecule has 2 rings (SSSR count). The number of hydrogen-bond acceptors (Lipinski definition) is 5. The molecule has 0 aromatic heterocycles. The van der Waals surface area contributed by atoms with Crippen LogP contribution in [0.2, 0.25) is 0 Å². The molecule has 1 N–H and O–H groups in total. The molecule has 0 saturated carbocycles. The zero-order valence-electron chi connectivity index (χ0n) is 11.3. The Labute approximate surface area is 121 Å². The highest BCUT2D eigenvalue weighted by molar-refractivity contribution is 6.06. The third kappa shape index (κ3) is 3.79. The molecule has 1 amide bonds. The SMILES string of the molecule is N#C/C(=C/N1CCCC1)C(=O)Nc1cccc([N+](=O)[O-])c1. The number of hydrogen-bond donors (Lipinski definition) is 1. The fourth-order valence-electron chi connectivity index (χ4n) is 2.09. The smallest absolute Gasteiger partial charge is 0.271 e. The first kappa shape index (κ1) is 14.5. The number of rotatable bonds is 4. The molecule has 108 valence electrons.